The fourth-order valence-electron chi connectivity index (χ4n) is 6.63. The number of sulfonamides is 1. The van der Waals surface area contributed by atoms with Crippen LogP contribution in [0, 0.1) is 11.8 Å². The molecule has 0 bridgehead atoms. The molecule has 244 valence electrons. The van der Waals surface area contributed by atoms with Crippen molar-refractivity contribution in [2.24, 2.45) is 11.8 Å². The number of piperidine rings is 1. The summed E-state index contributed by atoms with van der Waals surface area (Å²) in [7, 11) is -3.34. The van der Waals surface area contributed by atoms with Gasteiger partial charge >= 0.3 is 6.09 Å². The smallest absolute Gasteiger partial charge is 0.408 e. The average Bonchev–Trinajstić information content (AvgIpc) is 3.28. The van der Waals surface area contributed by atoms with Gasteiger partial charge in [-0.15, -0.1) is 0 Å². The van der Waals surface area contributed by atoms with Gasteiger partial charge in [0.1, 0.15) is 19.3 Å². The third-order valence-electron chi connectivity index (χ3n) is 9.09. The van der Waals surface area contributed by atoms with Crippen LogP contribution in [0.1, 0.15) is 69.8 Å². The number of hydrogen-bond acceptors (Lipinski definition) is 8. The molecule has 3 atom stereocenters. The predicted molar refractivity (Wildman–Crippen MR) is 163 cm³/mol. The minimum Gasteiger partial charge on any atom is -0.445 e. The number of ketones is 1. The second-order valence-electron chi connectivity index (χ2n) is 12.4. The number of aliphatic hydroxyl groups is 1. The summed E-state index contributed by atoms with van der Waals surface area (Å²) in [4.78, 5) is 52.1. The summed E-state index contributed by atoms with van der Waals surface area (Å²) in [6.07, 6.45) is 7.00. The Morgan fingerprint density at radius 2 is 1.82 bits per heavy atom. The maximum Gasteiger partial charge on any atom is 0.408 e. The van der Waals surface area contributed by atoms with E-state index >= 15 is 0 Å². The lowest BCUT2D eigenvalue weighted by atomic mass is 9.82. The number of hydrogen-bond donors (Lipinski definition) is 4. The molecule has 4 N–H and O–H groups in total. The highest BCUT2D eigenvalue weighted by Crippen LogP contribution is 2.37. The number of nitrogens with zero attached hydrogens (tertiary/aromatic N) is 1. The van der Waals surface area contributed by atoms with Crippen molar-refractivity contribution in [1.29, 1.82) is 0 Å². The van der Waals surface area contributed by atoms with Gasteiger partial charge in [-0.3, -0.25) is 14.4 Å². The third-order valence-corrected chi connectivity index (χ3v) is 10.6. The van der Waals surface area contributed by atoms with Gasteiger partial charge in [-0.05, 0) is 55.7 Å². The number of ether oxygens (including phenoxy) is 1. The Kier molecular flexibility index (Phi) is 11.7. The van der Waals surface area contributed by atoms with Crippen LogP contribution in [-0.2, 0) is 35.8 Å². The normalized spacial score (nSPS) is 22.2. The first-order chi connectivity index (χ1) is 20.9. The fourth-order valence-corrected chi connectivity index (χ4v) is 7.69. The van der Waals surface area contributed by atoms with E-state index in [0.29, 0.717) is 36.3 Å². The van der Waals surface area contributed by atoms with E-state index < -0.39 is 58.0 Å². The van der Waals surface area contributed by atoms with Gasteiger partial charge in [-0.25, -0.2) is 17.5 Å². The van der Waals surface area contributed by atoms with E-state index in [0.717, 1.165) is 38.4 Å². The van der Waals surface area contributed by atoms with Crippen molar-refractivity contribution in [3.63, 3.8) is 0 Å². The molecular weight excluding hydrogens is 612 g/mol. The topological polar surface area (TPSA) is 171 Å². The Balaban J connectivity index is 1.40. The van der Waals surface area contributed by atoms with Crippen LogP contribution in [0.2, 0.25) is 5.02 Å². The quantitative estimate of drug-likeness (QED) is 0.266. The molecule has 1 unspecified atom stereocenters. The van der Waals surface area contributed by atoms with Gasteiger partial charge in [0.25, 0.3) is 0 Å². The summed E-state index contributed by atoms with van der Waals surface area (Å²) in [5, 5.41) is 18.6. The average molecular weight is 655 g/mol. The van der Waals surface area contributed by atoms with Crippen molar-refractivity contribution >= 4 is 45.3 Å². The minimum absolute atomic E-state index is 0.0239. The zero-order valence-electron chi connectivity index (χ0n) is 25.1. The van der Waals surface area contributed by atoms with Crippen molar-refractivity contribution in [2.75, 3.05) is 26.0 Å². The van der Waals surface area contributed by atoms with Gasteiger partial charge in [0.2, 0.25) is 21.8 Å². The second-order valence-corrected chi connectivity index (χ2v) is 14.8. The first-order valence-corrected chi connectivity index (χ1v) is 17.5. The molecule has 44 heavy (non-hydrogen) atoms. The van der Waals surface area contributed by atoms with Crippen molar-refractivity contribution in [3.05, 3.63) is 34.9 Å². The fraction of sp³-hybridized carbons (Fsp3) is 0.667. The van der Waals surface area contributed by atoms with Crippen LogP contribution in [0.25, 0.3) is 0 Å². The van der Waals surface area contributed by atoms with Crippen molar-refractivity contribution < 1.29 is 37.4 Å². The first kappa shape index (κ1) is 34.1. The van der Waals surface area contributed by atoms with Gasteiger partial charge in [-0.1, -0.05) is 55.8 Å². The van der Waals surface area contributed by atoms with E-state index in [1.165, 1.54) is 4.31 Å². The molecule has 12 nitrogen and oxygen atoms in total. The van der Waals surface area contributed by atoms with Crippen LogP contribution in [0.5, 0.6) is 0 Å². The number of aliphatic hydroxyl groups excluding tert-OH is 1. The third kappa shape index (κ3) is 9.38. The Morgan fingerprint density at radius 3 is 2.45 bits per heavy atom. The molecule has 3 amide bonds. The van der Waals surface area contributed by atoms with Crippen LogP contribution in [0.3, 0.4) is 0 Å². The number of halogens is 1. The molecule has 14 heteroatoms. The Hall–Kier alpha value is -2.74. The van der Waals surface area contributed by atoms with Crippen LogP contribution >= 0.6 is 11.6 Å². The predicted octanol–water partition coefficient (Wildman–Crippen LogP) is 2.27. The van der Waals surface area contributed by atoms with Gasteiger partial charge in [0.05, 0.1) is 12.3 Å². The Morgan fingerprint density at radius 1 is 1.11 bits per heavy atom. The highest BCUT2D eigenvalue weighted by Gasteiger charge is 2.47. The van der Waals surface area contributed by atoms with Crippen molar-refractivity contribution in [3.8, 4) is 0 Å². The van der Waals surface area contributed by atoms with Crippen LogP contribution in [-0.4, -0.2) is 85.1 Å². The standard InChI is InChI=1S/C30H43ClN4O8S/c1-44(41,42)35-12-10-30(11-13-35)17-22(27(38)34-30)16-24(26(37)18-36)32-28(39)25(15-20-6-3-2-4-7-20)33-29(40)43-19-21-8-5-9-23(31)14-21/h5,8-9,14,20,22,24-25,36H,2-4,6-7,10-13,15-19H2,1H3,(H,32,39)(H,33,40)(H,34,38)/t22?,24-,25-/m0/s1. The number of amides is 3. The summed E-state index contributed by atoms with van der Waals surface area (Å²) in [5.74, 6) is -1.91. The van der Waals surface area contributed by atoms with E-state index in [1.807, 2.05) is 0 Å². The lowest BCUT2D eigenvalue weighted by Gasteiger charge is -2.38. The second kappa shape index (κ2) is 15.0. The summed E-state index contributed by atoms with van der Waals surface area (Å²) in [6, 6.07) is 4.74. The monoisotopic (exact) mass is 654 g/mol. The highest BCUT2D eigenvalue weighted by atomic mass is 35.5. The van der Waals surface area contributed by atoms with E-state index in [-0.39, 0.29) is 37.9 Å². The summed E-state index contributed by atoms with van der Waals surface area (Å²) in [6.45, 7) is -0.306. The largest absolute Gasteiger partial charge is 0.445 e. The van der Waals surface area contributed by atoms with E-state index in [4.69, 9.17) is 16.3 Å². The maximum absolute atomic E-state index is 13.6. The number of carbonyl (C=O) groups is 4. The van der Waals surface area contributed by atoms with Gasteiger partial charge in [0.15, 0.2) is 5.78 Å². The van der Waals surface area contributed by atoms with Crippen LogP contribution in [0.15, 0.2) is 24.3 Å². The zero-order chi connectivity index (χ0) is 31.9. The molecule has 2 heterocycles. The molecule has 0 aromatic heterocycles. The summed E-state index contributed by atoms with van der Waals surface area (Å²) < 4.78 is 30.6. The molecule has 0 radical (unpaired) electrons. The number of alkyl carbamates (subject to hydrolysis) is 1. The van der Waals surface area contributed by atoms with Crippen LogP contribution in [0.4, 0.5) is 4.79 Å². The molecule has 1 spiro atoms. The first-order valence-electron chi connectivity index (χ1n) is 15.3. The number of rotatable bonds is 12. The van der Waals surface area contributed by atoms with Crippen molar-refractivity contribution in [1.82, 2.24) is 20.3 Å². The lowest BCUT2D eigenvalue weighted by molar-refractivity contribution is -0.131. The van der Waals surface area contributed by atoms with E-state index in [9.17, 15) is 32.7 Å². The van der Waals surface area contributed by atoms with Gasteiger partial charge < -0.3 is 25.8 Å². The van der Waals surface area contributed by atoms with Crippen molar-refractivity contribution in [2.45, 2.75) is 88.4 Å². The lowest BCUT2D eigenvalue weighted by Crippen LogP contribution is -2.53. The Bertz CT molecular complexity index is 1310. The summed E-state index contributed by atoms with van der Waals surface area (Å²) >= 11 is 6.01. The van der Waals surface area contributed by atoms with E-state index in [1.54, 1.807) is 24.3 Å². The van der Waals surface area contributed by atoms with E-state index in [2.05, 4.69) is 16.0 Å². The molecule has 3 aliphatic rings. The molecule has 1 saturated carbocycles. The molecule has 1 aromatic rings. The minimum atomic E-state index is -3.34. The number of benzene rings is 1. The summed E-state index contributed by atoms with van der Waals surface area (Å²) in [5.41, 5.74) is 0.0987. The Labute approximate surface area is 263 Å². The number of nitrogens with one attached hydrogen (secondary N) is 3. The molecule has 4 rings (SSSR count). The molecule has 1 aromatic carbocycles. The van der Waals surface area contributed by atoms with Gasteiger partial charge in [0, 0.05) is 29.6 Å². The van der Waals surface area contributed by atoms with Gasteiger partial charge in [-0.2, -0.15) is 0 Å². The number of Topliss-reactive ketones (excluding diaryl/α,β-unsaturated/α-hetero) is 1. The molecule has 1 aliphatic carbocycles. The maximum atomic E-state index is 13.6. The molecule has 2 saturated heterocycles. The molecular formula is C30H43ClN4O8S. The zero-order valence-corrected chi connectivity index (χ0v) is 26.6. The highest BCUT2D eigenvalue weighted by molar-refractivity contribution is 7.88. The number of carbonyl (C=O) groups excluding carboxylic acids is 4. The SMILES string of the molecule is CS(=O)(=O)N1CCC2(CC1)CC(C[C@H](NC(=O)[C@H](CC1CCCCC1)NC(=O)OCc1cccc(Cl)c1)C(=O)CO)C(=O)N2. The molecule has 2 aliphatic heterocycles. The van der Waals surface area contributed by atoms with Crippen LogP contribution < -0.4 is 16.0 Å². The molecule has 3 fully saturated rings.